The van der Waals surface area contributed by atoms with Crippen LogP contribution in [0.4, 0.5) is 0 Å². The first kappa shape index (κ1) is 19.8. The van der Waals surface area contributed by atoms with Crippen molar-refractivity contribution >= 4 is 0 Å². The van der Waals surface area contributed by atoms with Crippen molar-refractivity contribution < 1.29 is 0 Å². The summed E-state index contributed by atoms with van der Waals surface area (Å²) in [4.78, 5) is 0. The van der Waals surface area contributed by atoms with Crippen molar-refractivity contribution in [1.29, 1.82) is 0 Å². The van der Waals surface area contributed by atoms with Gasteiger partial charge in [-0.15, -0.1) is 0 Å². The van der Waals surface area contributed by atoms with Crippen molar-refractivity contribution in [1.82, 2.24) is 0 Å². The van der Waals surface area contributed by atoms with E-state index in [2.05, 4.69) is 97.1 Å². The molecule has 1 aliphatic rings. The van der Waals surface area contributed by atoms with E-state index in [9.17, 15) is 0 Å². The van der Waals surface area contributed by atoms with Gasteiger partial charge in [-0.25, -0.2) is 0 Å². The molecule has 0 nitrogen and oxygen atoms in total. The molecular weight excluding hydrogens is 372 g/mol. The third-order valence-electron chi connectivity index (χ3n) is 6.61. The van der Waals surface area contributed by atoms with Crippen LogP contribution >= 0.6 is 0 Å². The normalized spacial score (nSPS) is 11.9. The Morgan fingerprint density at radius 1 is 0.484 bits per heavy atom. The van der Waals surface area contributed by atoms with E-state index in [1.165, 1.54) is 83.0 Å². The average molecular weight is 403 g/mol. The van der Waals surface area contributed by atoms with Gasteiger partial charge in [-0.1, -0.05) is 110 Å². The SMILES string of the molecule is c1ccc(CCCCCCc2cccc(-c3cccc4c3Cc3ccccc3-4)c2)cc1. The number of unbranched alkanes of at least 4 members (excludes halogenated alkanes) is 3. The average Bonchev–Trinajstić information content (AvgIpc) is 3.21. The van der Waals surface area contributed by atoms with Crippen LogP contribution in [-0.2, 0) is 19.3 Å². The largest absolute Gasteiger partial charge is 0.0622 e. The third kappa shape index (κ3) is 4.49. The maximum Gasteiger partial charge on any atom is -0.000729 e. The molecule has 1 aliphatic carbocycles. The van der Waals surface area contributed by atoms with Gasteiger partial charge in [-0.2, -0.15) is 0 Å². The second-order valence-electron chi connectivity index (χ2n) is 8.77. The van der Waals surface area contributed by atoms with Crippen molar-refractivity contribution in [2.45, 2.75) is 44.9 Å². The highest BCUT2D eigenvalue weighted by Gasteiger charge is 2.20. The lowest BCUT2D eigenvalue weighted by Crippen LogP contribution is -1.91. The van der Waals surface area contributed by atoms with Crippen LogP contribution in [0.2, 0.25) is 0 Å². The van der Waals surface area contributed by atoms with Crippen LogP contribution < -0.4 is 0 Å². The van der Waals surface area contributed by atoms with E-state index in [1.54, 1.807) is 0 Å². The molecule has 0 spiro atoms. The molecule has 0 heteroatoms. The summed E-state index contributed by atoms with van der Waals surface area (Å²) in [6, 6.07) is 35.7. The fourth-order valence-corrected chi connectivity index (χ4v) is 4.98. The molecule has 154 valence electrons. The lowest BCUT2D eigenvalue weighted by atomic mass is 9.94. The predicted molar refractivity (Wildman–Crippen MR) is 132 cm³/mol. The van der Waals surface area contributed by atoms with E-state index in [0.29, 0.717) is 0 Å². The molecule has 0 fully saturated rings. The maximum absolute atomic E-state index is 2.42. The minimum Gasteiger partial charge on any atom is -0.0622 e. The Labute approximate surface area is 186 Å². The molecule has 0 N–H and O–H groups in total. The molecular formula is C31H30. The van der Waals surface area contributed by atoms with Gasteiger partial charge < -0.3 is 0 Å². The van der Waals surface area contributed by atoms with E-state index in [-0.39, 0.29) is 0 Å². The van der Waals surface area contributed by atoms with Crippen LogP contribution in [0, 0.1) is 0 Å². The van der Waals surface area contributed by atoms with Crippen molar-refractivity contribution in [3.05, 3.63) is 119 Å². The summed E-state index contributed by atoms with van der Waals surface area (Å²) >= 11 is 0. The van der Waals surface area contributed by atoms with Crippen molar-refractivity contribution in [2.24, 2.45) is 0 Å². The quantitative estimate of drug-likeness (QED) is 0.229. The van der Waals surface area contributed by atoms with Crippen LogP contribution in [0.25, 0.3) is 22.3 Å². The molecule has 0 unspecified atom stereocenters. The standard InChI is InChI=1S/C31H30/c1(4-12-24-13-6-3-7-14-24)2-5-15-25-16-10-18-26(22-25)29-20-11-21-30-28-19-9-8-17-27(28)23-31(29)30/h3,6-11,13-14,16-22H,1-2,4-5,12,15,23H2. The Morgan fingerprint density at radius 3 is 2.00 bits per heavy atom. The van der Waals surface area contributed by atoms with Crippen LogP contribution in [0.5, 0.6) is 0 Å². The summed E-state index contributed by atoms with van der Waals surface area (Å²) in [5.74, 6) is 0. The van der Waals surface area contributed by atoms with E-state index >= 15 is 0 Å². The second kappa shape index (κ2) is 9.35. The minimum absolute atomic E-state index is 1.05. The molecule has 0 atom stereocenters. The Kier molecular flexibility index (Phi) is 5.98. The van der Waals surface area contributed by atoms with Gasteiger partial charge in [0.25, 0.3) is 0 Å². The molecule has 0 heterocycles. The third-order valence-corrected chi connectivity index (χ3v) is 6.61. The van der Waals surface area contributed by atoms with Crippen LogP contribution in [0.3, 0.4) is 0 Å². The molecule has 0 aliphatic heterocycles. The molecule has 0 bridgehead atoms. The first-order chi connectivity index (χ1) is 15.4. The van der Waals surface area contributed by atoms with Gasteiger partial charge in [0.05, 0.1) is 0 Å². The number of hydrogen-bond donors (Lipinski definition) is 0. The zero-order valence-electron chi connectivity index (χ0n) is 18.2. The molecule has 0 saturated carbocycles. The highest BCUT2D eigenvalue weighted by atomic mass is 14.2. The molecule has 0 aromatic heterocycles. The number of aryl methyl sites for hydroxylation is 2. The number of benzene rings is 4. The van der Waals surface area contributed by atoms with E-state index in [4.69, 9.17) is 0 Å². The fourth-order valence-electron chi connectivity index (χ4n) is 4.98. The van der Waals surface area contributed by atoms with E-state index < -0.39 is 0 Å². The van der Waals surface area contributed by atoms with Gasteiger partial charge >= 0.3 is 0 Å². The van der Waals surface area contributed by atoms with Crippen LogP contribution in [-0.4, -0.2) is 0 Å². The summed E-state index contributed by atoms with van der Waals surface area (Å²) < 4.78 is 0. The van der Waals surface area contributed by atoms with E-state index in [0.717, 1.165) is 6.42 Å². The van der Waals surface area contributed by atoms with Gasteiger partial charge in [0.15, 0.2) is 0 Å². The molecule has 0 radical (unpaired) electrons. The van der Waals surface area contributed by atoms with Gasteiger partial charge in [0.1, 0.15) is 0 Å². The number of rotatable bonds is 8. The molecule has 0 amide bonds. The zero-order valence-corrected chi connectivity index (χ0v) is 18.2. The predicted octanol–water partition coefficient (Wildman–Crippen LogP) is 8.27. The maximum atomic E-state index is 2.42. The smallest absolute Gasteiger partial charge is 0.000729 e. The van der Waals surface area contributed by atoms with Crippen molar-refractivity contribution in [2.75, 3.05) is 0 Å². The zero-order chi connectivity index (χ0) is 20.9. The fraction of sp³-hybridized carbons (Fsp3) is 0.226. The van der Waals surface area contributed by atoms with Crippen LogP contribution in [0.1, 0.15) is 47.9 Å². The summed E-state index contributed by atoms with van der Waals surface area (Å²) in [6.45, 7) is 0. The first-order valence-electron chi connectivity index (χ1n) is 11.7. The van der Waals surface area contributed by atoms with Crippen molar-refractivity contribution in [3.8, 4) is 22.3 Å². The summed E-state index contributed by atoms with van der Waals surface area (Å²) in [5, 5.41) is 0. The topological polar surface area (TPSA) is 0 Å². The minimum atomic E-state index is 1.05. The molecule has 5 rings (SSSR count). The first-order valence-corrected chi connectivity index (χ1v) is 11.7. The second-order valence-corrected chi connectivity index (χ2v) is 8.77. The Balaban J connectivity index is 1.21. The van der Waals surface area contributed by atoms with Gasteiger partial charge in [0.2, 0.25) is 0 Å². The molecule has 31 heavy (non-hydrogen) atoms. The lowest BCUT2D eigenvalue weighted by Gasteiger charge is -2.11. The van der Waals surface area contributed by atoms with Gasteiger partial charge in [-0.05, 0) is 76.6 Å². The highest BCUT2D eigenvalue weighted by Crippen LogP contribution is 2.41. The molecule has 0 saturated heterocycles. The Hall–Kier alpha value is -3.12. The Morgan fingerprint density at radius 2 is 1.13 bits per heavy atom. The lowest BCUT2D eigenvalue weighted by molar-refractivity contribution is 0.640. The summed E-state index contributed by atoms with van der Waals surface area (Å²) in [7, 11) is 0. The van der Waals surface area contributed by atoms with Crippen LogP contribution in [0.15, 0.2) is 97.1 Å². The van der Waals surface area contributed by atoms with Gasteiger partial charge in [0, 0.05) is 0 Å². The number of hydrogen-bond acceptors (Lipinski definition) is 0. The number of fused-ring (bicyclic) bond motifs is 3. The van der Waals surface area contributed by atoms with Crippen molar-refractivity contribution in [3.63, 3.8) is 0 Å². The molecule has 4 aromatic rings. The van der Waals surface area contributed by atoms with E-state index in [1.807, 2.05) is 0 Å². The molecule has 4 aromatic carbocycles. The monoisotopic (exact) mass is 402 g/mol. The Bertz CT molecular complexity index is 1150. The summed E-state index contributed by atoms with van der Waals surface area (Å²) in [6.07, 6.45) is 8.63. The summed E-state index contributed by atoms with van der Waals surface area (Å²) in [5.41, 5.74) is 11.5. The van der Waals surface area contributed by atoms with Gasteiger partial charge in [-0.3, -0.25) is 0 Å². The highest BCUT2D eigenvalue weighted by molar-refractivity contribution is 5.84.